The molecule has 0 saturated heterocycles. The fourth-order valence-corrected chi connectivity index (χ4v) is 13.1. The minimum Gasteiger partial charge on any atom is -0.309 e. The van der Waals surface area contributed by atoms with Gasteiger partial charge in [0.05, 0.1) is 33.5 Å². The van der Waals surface area contributed by atoms with Crippen molar-refractivity contribution in [1.29, 1.82) is 0 Å². The largest absolute Gasteiger partial charge is 0.309 e. The molecule has 8 aromatic carbocycles. The number of para-hydroxylation sites is 3. The zero-order valence-electron chi connectivity index (χ0n) is 31.3. The Hall–Kier alpha value is -7.13. The third-order valence-corrected chi connectivity index (χ3v) is 15.4. The Balaban J connectivity index is 1.22. The first-order valence-corrected chi connectivity index (χ1v) is 21.4. The van der Waals surface area contributed by atoms with Gasteiger partial charge in [-0.05, 0) is 46.5 Å². The predicted octanol–water partition coefficient (Wildman–Crippen LogP) is 11.2. The lowest BCUT2D eigenvalue weighted by Crippen LogP contribution is -2.48. The van der Waals surface area contributed by atoms with Crippen molar-refractivity contribution in [1.82, 2.24) is 14.5 Å². The SMILES string of the molecule is O=P1(c2ccccc2)c2ccccc2C2(c3ccccc3-n3c4ccccc4c4cccc2c43)c2ccc(-c3cc(-c4ccccc4)nc(-c4ccccc4)n3)cc21. The second-order valence-electron chi connectivity index (χ2n) is 15.2. The predicted molar refractivity (Wildman–Crippen MR) is 237 cm³/mol. The van der Waals surface area contributed by atoms with Gasteiger partial charge in [-0.1, -0.05) is 182 Å². The lowest BCUT2D eigenvalue weighted by molar-refractivity contribution is 0.590. The number of benzene rings is 8. The molecule has 2 unspecified atom stereocenters. The average Bonchev–Trinajstić information content (AvgIpc) is 3.65. The summed E-state index contributed by atoms with van der Waals surface area (Å²) >= 11 is 0. The van der Waals surface area contributed by atoms with Crippen molar-refractivity contribution in [2.45, 2.75) is 5.41 Å². The highest BCUT2D eigenvalue weighted by Gasteiger charge is 2.54. The van der Waals surface area contributed by atoms with E-state index in [0.717, 1.165) is 66.4 Å². The molecule has 2 atom stereocenters. The number of aromatic nitrogens is 3. The monoisotopic (exact) mass is 759 g/mol. The quantitative estimate of drug-likeness (QED) is 0.168. The third kappa shape index (κ3) is 4.44. The highest BCUT2D eigenvalue weighted by molar-refractivity contribution is 7.85. The summed E-state index contributed by atoms with van der Waals surface area (Å²) in [7, 11) is -3.48. The van der Waals surface area contributed by atoms with Crippen LogP contribution in [0.1, 0.15) is 22.3 Å². The molecule has 5 heteroatoms. The summed E-state index contributed by atoms with van der Waals surface area (Å²) in [5.41, 5.74) is 11.6. The molecular weight excluding hydrogens is 726 g/mol. The van der Waals surface area contributed by atoms with Gasteiger partial charge in [-0.3, -0.25) is 0 Å². The molecule has 4 nitrogen and oxygen atoms in total. The maximum atomic E-state index is 16.8. The maximum absolute atomic E-state index is 16.8. The van der Waals surface area contributed by atoms with E-state index in [2.05, 4.69) is 126 Å². The maximum Gasteiger partial charge on any atom is 0.171 e. The Morgan fingerprint density at radius 2 is 1.02 bits per heavy atom. The molecule has 4 heterocycles. The van der Waals surface area contributed by atoms with E-state index in [4.69, 9.17) is 9.97 Å². The number of rotatable bonds is 4. The Bertz CT molecular complexity index is 3260. The first kappa shape index (κ1) is 33.1. The smallest absolute Gasteiger partial charge is 0.171 e. The molecule has 12 rings (SSSR count). The number of hydrogen-bond acceptors (Lipinski definition) is 3. The summed E-state index contributed by atoms with van der Waals surface area (Å²) in [6.45, 7) is 0. The number of hydrogen-bond donors (Lipinski definition) is 0. The highest BCUT2D eigenvalue weighted by Crippen LogP contribution is 2.61. The molecule has 272 valence electrons. The molecule has 2 aromatic heterocycles. The molecule has 2 aliphatic heterocycles. The minimum atomic E-state index is -3.48. The summed E-state index contributed by atoms with van der Waals surface area (Å²) in [5.74, 6) is 0.642. The van der Waals surface area contributed by atoms with E-state index >= 15 is 4.57 Å². The Kier molecular flexibility index (Phi) is 7.09. The van der Waals surface area contributed by atoms with E-state index in [1.54, 1.807) is 0 Å². The van der Waals surface area contributed by atoms with Gasteiger partial charge >= 0.3 is 0 Å². The van der Waals surface area contributed by atoms with Crippen LogP contribution in [0.25, 0.3) is 61.4 Å². The lowest BCUT2D eigenvalue weighted by atomic mass is 9.62. The zero-order chi connectivity index (χ0) is 38.4. The van der Waals surface area contributed by atoms with E-state index in [-0.39, 0.29) is 0 Å². The second-order valence-corrected chi connectivity index (χ2v) is 17.9. The van der Waals surface area contributed by atoms with Crippen LogP contribution in [-0.4, -0.2) is 14.5 Å². The molecular formula is C53H34N3OP. The molecule has 0 N–H and O–H groups in total. The van der Waals surface area contributed by atoms with E-state index in [1.807, 2.05) is 84.9 Å². The van der Waals surface area contributed by atoms with Gasteiger partial charge in [0.2, 0.25) is 0 Å². The van der Waals surface area contributed by atoms with Crippen LogP contribution in [0.4, 0.5) is 0 Å². The summed E-state index contributed by atoms with van der Waals surface area (Å²) in [5, 5.41) is 4.92. The van der Waals surface area contributed by atoms with Crippen LogP contribution in [-0.2, 0) is 9.98 Å². The molecule has 58 heavy (non-hydrogen) atoms. The van der Waals surface area contributed by atoms with Crippen molar-refractivity contribution >= 4 is 44.9 Å². The van der Waals surface area contributed by atoms with Crippen molar-refractivity contribution < 1.29 is 4.57 Å². The van der Waals surface area contributed by atoms with E-state index in [1.165, 1.54) is 27.4 Å². The summed E-state index contributed by atoms with van der Waals surface area (Å²) in [4.78, 5) is 10.3. The van der Waals surface area contributed by atoms with E-state index in [0.29, 0.717) is 5.82 Å². The minimum absolute atomic E-state index is 0.642. The van der Waals surface area contributed by atoms with Gasteiger partial charge in [0, 0.05) is 43.4 Å². The van der Waals surface area contributed by atoms with Crippen molar-refractivity contribution in [3.8, 4) is 39.6 Å². The van der Waals surface area contributed by atoms with Crippen LogP contribution in [0, 0.1) is 0 Å². The number of nitrogens with zero attached hydrogens (tertiary/aromatic N) is 3. The van der Waals surface area contributed by atoms with Crippen LogP contribution in [0.5, 0.6) is 0 Å². The Labute approximate surface area is 336 Å². The molecule has 1 spiro atoms. The van der Waals surface area contributed by atoms with Gasteiger partial charge in [0.25, 0.3) is 0 Å². The zero-order valence-corrected chi connectivity index (χ0v) is 32.2. The van der Waals surface area contributed by atoms with Crippen LogP contribution in [0.15, 0.2) is 206 Å². The third-order valence-electron chi connectivity index (χ3n) is 12.3. The molecule has 0 saturated carbocycles. The Morgan fingerprint density at radius 1 is 0.431 bits per heavy atom. The topological polar surface area (TPSA) is 47.8 Å². The fraction of sp³-hybridized carbons (Fsp3) is 0.0189. The standard InChI is InChI=1S/C53H34N3OP/c57-58(38-21-8-3-9-22-38)49-30-15-12-26-42(49)53(41-25-11-14-29-48(41)56-47-28-13-10-23-39(47)40-24-16-27-44(53)51(40)56)43-32-31-37(33-50(43)58)46-34-45(35-17-4-1-5-18-35)54-52(55-46)36-19-6-2-7-20-36/h1-34H. The van der Waals surface area contributed by atoms with Crippen LogP contribution in [0.2, 0.25) is 0 Å². The first-order chi connectivity index (χ1) is 28.7. The molecule has 10 aromatic rings. The van der Waals surface area contributed by atoms with Crippen molar-refractivity contribution in [3.05, 3.63) is 229 Å². The van der Waals surface area contributed by atoms with Gasteiger partial charge in [-0.15, -0.1) is 0 Å². The second kappa shape index (κ2) is 12.4. The van der Waals surface area contributed by atoms with Crippen molar-refractivity contribution in [2.24, 2.45) is 0 Å². The van der Waals surface area contributed by atoms with Gasteiger partial charge in [0.15, 0.2) is 13.0 Å². The molecule has 2 aliphatic rings. The van der Waals surface area contributed by atoms with Gasteiger partial charge < -0.3 is 9.13 Å². The van der Waals surface area contributed by atoms with Crippen molar-refractivity contribution in [3.63, 3.8) is 0 Å². The molecule has 0 radical (unpaired) electrons. The molecule has 0 amide bonds. The fourth-order valence-electron chi connectivity index (χ4n) is 9.88. The average molecular weight is 760 g/mol. The Morgan fingerprint density at radius 3 is 1.81 bits per heavy atom. The molecule has 0 fully saturated rings. The van der Waals surface area contributed by atoms with Gasteiger partial charge in [0.1, 0.15) is 0 Å². The van der Waals surface area contributed by atoms with Crippen LogP contribution >= 0.6 is 7.14 Å². The molecule has 0 bridgehead atoms. The van der Waals surface area contributed by atoms with Crippen molar-refractivity contribution in [2.75, 3.05) is 0 Å². The summed E-state index contributed by atoms with van der Waals surface area (Å²) in [6, 6.07) is 71.9. The van der Waals surface area contributed by atoms with Crippen LogP contribution in [0.3, 0.4) is 0 Å². The van der Waals surface area contributed by atoms with Gasteiger partial charge in [-0.25, -0.2) is 9.97 Å². The first-order valence-electron chi connectivity index (χ1n) is 19.7. The summed E-state index contributed by atoms with van der Waals surface area (Å²) in [6.07, 6.45) is 0. The number of fused-ring (bicyclic) bond motifs is 11. The lowest BCUT2D eigenvalue weighted by Gasteiger charge is -2.47. The van der Waals surface area contributed by atoms with Crippen LogP contribution < -0.4 is 15.9 Å². The highest BCUT2D eigenvalue weighted by atomic mass is 31.2. The van der Waals surface area contributed by atoms with Gasteiger partial charge in [-0.2, -0.15) is 0 Å². The van der Waals surface area contributed by atoms with E-state index in [9.17, 15) is 0 Å². The van der Waals surface area contributed by atoms with E-state index < -0.39 is 12.6 Å². The summed E-state index contributed by atoms with van der Waals surface area (Å²) < 4.78 is 19.2. The normalized spacial score (nSPS) is 17.5. The molecule has 0 aliphatic carbocycles.